The lowest BCUT2D eigenvalue weighted by molar-refractivity contribution is -0.141. The summed E-state index contributed by atoms with van der Waals surface area (Å²) in [5.41, 5.74) is 6.43. The van der Waals surface area contributed by atoms with Gasteiger partial charge in [-0.3, -0.25) is 19.1 Å². The Morgan fingerprint density at radius 2 is 1.95 bits per heavy atom. The van der Waals surface area contributed by atoms with E-state index < -0.39 is 18.0 Å². The number of aromatic nitrogens is 3. The Balaban J connectivity index is 1.42. The highest BCUT2D eigenvalue weighted by atomic mass is 35.5. The standard InChI is InChI=1S/C24H25ClN8O4/c1-27-24(37)28-13-6-8-15-16(10-13)32(31-20(15)22(26)35)11-19(34)33-14-7-5-12(9-14)21(33)23(36)30-18-4-2-3-17(25)29-18/h2-4,6,8,10,12,14,21H,5,7,9,11H2,1H3,(H2,26,35)(H2,27,28,37)(H,29,30,36)/t12-,14+,21-/m0/s1. The zero-order valence-electron chi connectivity index (χ0n) is 19.9. The highest BCUT2D eigenvalue weighted by Gasteiger charge is 2.51. The van der Waals surface area contributed by atoms with Crippen LogP contribution in [0.2, 0.25) is 5.15 Å². The van der Waals surface area contributed by atoms with Crippen molar-refractivity contribution in [2.45, 2.75) is 37.9 Å². The Hall–Kier alpha value is -4.19. The Morgan fingerprint density at radius 1 is 1.14 bits per heavy atom. The number of halogens is 1. The number of fused-ring (bicyclic) bond motifs is 3. The molecule has 5 amide bonds. The number of urea groups is 1. The molecular weight excluding hydrogens is 500 g/mol. The second kappa shape index (κ2) is 9.69. The van der Waals surface area contributed by atoms with E-state index in [1.165, 1.54) is 11.7 Å². The van der Waals surface area contributed by atoms with Gasteiger partial charge in [0.15, 0.2) is 5.69 Å². The highest BCUT2D eigenvalue weighted by Crippen LogP contribution is 2.43. The number of hydrogen-bond donors (Lipinski definition) is 4. The van der Waals surface area contributed by atoms with E-state index in [0.717, 1.165) is 19.3 Å². The van der Waals surface area contributed by atoms with Crippen LogP contribution in [0.3, 0.4) is 0 Å². The van der Waals surface area contributed by atoms with Gasteiger partial charge in [-0.2, -0.15) is 5.10 Å². The number of piperidine rings is 1. The number of nitrogens with two attached hydrogens (primary N) is 1. The normalized spacial score (nSPS) is 20.2. The van der Waals surface area contributed by atoms with Crippen LogP contribution in [-0.2, 0) is 16.1 Å². The average molecular weight is 525 g/mol. The van der Waals surface area contributed by atoms with E-state index >= 15 is 0 Å². The van der Waals surface area contributed by atoms with Gasteiger partial charge in [0.25, 0.3) is 5.91 Å². The SMILES string of the molecule is CNC(=O)Nc1ccc2c(C(N)=O)nn(CC(=O)N3[C@@H]4CC[C@@H](C4)[C@H]3C(=O)Nc3cccc(Cl)n3)c2c1. The van der Waals surface area contributed by atoms with Crippen LogP contribution in [0.25, 0.3) is 10.9 Å². The van der Waals surface area contributed by atoms with Gasteiger partial charge in [-0.15, -0.1) is 0 Å². The fraction of sp³-hybridized carbons (Fsp3) is 0.333. The van der Waals surface area contributed by atoms with Crippen molar-refractivity contribution in [1.29, 1.82) is 0 Å². The minimum atomic E-state index is -0.741. The molecular formula is C24H25ClN8O4. The number of nitrogens with one attached hydrogen (secondary N) is 3. The van der Waals surface area contributed by atoms with Crippen molar-refractivity contribution >= 4 is 57.8 Å². The van der Waals surface area contributed by atoms with Crippen LogP contribution >= 0.6 is 11.6 Å². The summed E-state index contributed by atoms with van der Waals surface area (Å²) >= 11 is 5.94. The molecule has 1 saturated heterocycles. The number of amides is 5. The van der Waals surface area contributed by atoms with Crippen LogP contribution < -0.4 is 21.7 Å². The zero-order chi connectivity index (χ0) is 26.3. The number of anilines is 2. The van der Waals surface area contributed by atoms with Gasteiger partial charge in [-0.05, 0) is 55.5 Å². The summed E-state index contributed by atoms with van der Waals surface area (Å²) in [5, 5.41) is 12.9. The van der Waals surface area contributed by atoms with E-state index in [-0.39, 0.29) is 41.2 Å². The first-order valence-electron chi connectivity index (χ1n) is 11.8. The molecule has 1 aromatic carbocycles. The molecule has 3 heterocycles. The number of primary amides is 1. The smallest absolute Gasteiger partial charge is 0.318 e. The van der Waals surface area contributed by atoms with Crippen LogP contribution in [0.15, 0.2) is 36.4 Å². The van der Waals surface area contributed by atoms with Crippen LogP contribution in [-0.4, -0.2) is 62.5 Å². The average Bonchev–Trinajstić information content (AvgIpc) is 3.57. The lowest BCUT2D eigenvalue weighted by Gasteiger charge is -2.34. The molecule has 2 fully saturated rings. The van der Waals surface area contributed by atoms with Gasteiger partial charge in [0.05, 0.1) is 5.52 Å². The van der Waals surface area contributed by atoms with Gasteiger partial charge in [0, 0.05) is 24.2 Å². The van der Waals surface area contributed by atoms with E-state index in [1.807, 2.05) is 0 Å². The van der Waals surface area contributed by atoms with Crippen molar-refractivity contribution in [3.8, 4) is 0 Å². The lowest BCUT2D eigenvalue weighted by atomic mass is 9.97. The fourth-order valence-electron chi connectivity index (χ4n) is 5.32. The minimum absolute atomic E-state index is 0.0126. The highest BCUT2D eigenvalue weighted by molar-refractivity contribution is 6.29. The van der Waals surface area contributed by atoms with Crippen LogP contribution in [0.4, 0.5) is 16.3 Å². The molecule has 37 heavy (non-hydrogen) atoms. The molecule has 0 radical (unpaired) electrons. The summed E-state index contributed by atoms with van der Waals surface area (Å²) in [6.07, 6.45) is 2.39. The van der Waals surface area contributed by atoms with Crippen molar-refractivity contribution in [3.05, 3.63) is 47.2 Å². The first-order valence-corrected chi connectivity index (χ1v) is 12.2. The molecule has 12 nitrogen and oxygen atoms in total. The third-order valence-electron chi connectivity index (χ3n) is 6.86. The van der Waals surface area contributed by atoms with E-state index in [9.17, 15) is 19.2 Å². The van der Waals surface area contributed by atoms with Gasteiger partial charge in [-0.1, -0.05) is 17.7 Å². The monoisotopic (exact) mass is 524 g/mol. The number of carbonyl (C=O) groups is 4. The van der Waals surface area contributed by atoms with E-state index in [1.54, 1.807) is 41.3 Å². The van der Waals surface area contributed by atoms with Crippen molar-refractivity contribution < 1.29 is 19.2 Å². The summed E-state index contributed by atoms with van der Waals surface area (Å²) in [6.45, 7) is -0.213. The number of hydrogen-bond acceptors (Lipinski definition) is 6. The topological polar surface area (TPSA) is 164 Å². The van der Waals surface area contributed by atoms with E-state index in [2.05, 4.69) is 26.0 Å². The van der Waals surface area contributed by atoms with Gasteiger partial charge in [-0.25, -0.2) is 9.78 Å². The number of carbonyl (C=O) groups excluding carboxylic acids is 4. The maximum absolute atomic E-state index is 13.6. The molecule has 3 aromatic rings. The molecule has 3 atom stereocenters. The Kier molecular flexibility index (Phi) is 6.42. The van der Waals surface area contributed by atoms with Gasteiger partial charge >= 0.3 is 6.03 Å². The van der Waals surface area contributed by atoms with E-state index in [4.69, 9.17) is 17.3 Å². The number of pyridine rings is 1. The van der Waals surface area contributed by atoms with Crippen LogP contribution in [0, 0.1) is 5.92 Å². The predicted octanol–water partition coefficient (Wildman–Crippen LogP) is 1.95. The molecule has 1 aliphatic carbocycles. The zero-order valence-corrected chi connectivity index (χ0v) is 20.7. The quantitative estimate of drug-likeness (QED) is 0.360. The summed E-state index contributed by atoms with van der Waals surface area (Å²) in [6, 6.07) is 8.61. The Morgan fingerprint density at radius 3 is 2.68 bits per heavy atom. The molecule has 0 spiro atoms. The number of nitrogens with zero attached hydrogens (tertiary/aromatic N) is 4. The Bertz CT molecular complexity index is 1420. The lowest BCUT2D eigenvalue weighted by Crippen LogP contribution is -2.52. The molecule has 2 aliphatic rings. The summed E-state index contributed by atoms with van der Waals surface area (Å²) < 4.78 is 1.38. The Labute approximate surface area is 216 Å². The van der Waals surface area contributed by atoms with Crippen molar-refractivity contribution in [2.24, 2.45) is 11.7 Å². The predicted molar refractivity (Wildman–Crippen MR) is 136 cm³/mol. The maximum Gasteiger partial charge on any atom is 0.318 e. The van der Waals surface area contributed by atoms with Crippen molar-refractivity contribution in [2.75, 3.05) is 17.7 Å². The molecule has 0 unspecified atom stereocenters. The molecule has 5 N–H and O–H groups in total. The first-order chi connectivity index (χ1) is 17.7. The molecule has 2 bridgehead atoms. The van der Waals surface area contributed by atoms with Crippen molar-refractivity contribution in [3.63, 3.8) is 0 Å². The summed E-state index contributed by atoms with van der Waals surface area (Å²) in [4.78, 5) is 56.4. The number of likely N-dealkylation sites (tertiary alicyclic amines) is 1. The third-order valence-corrected chi connectivity index (χ3v) is 7.07. The van der Waals surface area contributed by atoms with Gasteiger partial charge in [0.2, 0.25) is 11.8 Å². The number of benzene rings is 1. The van der Waals surface area contributed by atoms with Gasteiger partial charge < -0.3 is 26.6 Å². The molecule has 1 saturated carbocycles. The molecule has 2 aromatic heterocycles. The minimum Gasteiger partial charge on any atom is -0.364 e. The third kappa shape index (κ3) is 4.67. The molecule has 192 valence electrons. The fourth-order valence-corrected chi connectivity index (χ4v) is 5.48. The van der Waals surface area contributed by atoms with Gasteiger partial charge in [0.1, 0.15) is 23.6 Å². The second-order valence-corrected chi connectivity index (χ2v) is 9.50. The maximum atomic E-state index is 13.6. The molecule has 13 heteroatoms. The summed E-state index contributed by atoms with van der Waals surface area (Å²) in [7, 11) is 1.49. The second-order valence-electron chi connectivity index (χ2n) is 9.11. The summed E-state index contributed by atoms with van der Waals surface area (Å²) in [5.74, 6) is -1.03. The van der Waals surface area contributed by atoms with Crippen LogP contribution in [0.1, 0.15) is 29.8 Å². The first kappa shape index (κ1) is 24.5. The van der Waals surface area contributed by atoms with Crippen molar-refractivity contribution in [1.82, 2.24) is 25.0 Å². The van der Waals surface area contributed by atoms with E-state index in [0.29, 0.717) is 22.4 Å². The van der Waals surface area contributed by atoms with Crippen LogP contribution in [0.5, 0.6) is 0 Å². The largest absolute Gasteiger partial charge is 0.364 e. The molecule has 5 rings (SSSR count). The number of rotatable bonds is 6. The molecule has 1 aliphatic heterocycles.